The van der Waals surface area contributed by atoms with E-state index in [2.05, 4.69) is 18.8 Å². The lowest BCUT2D eigenvalue weighted by molar-refractivity contribution is 0.271. The molecule has 1 N–H and O–H groups in total. The van der Waals surface area contributed by atoms with Gasteiger partial charge in [-0.1, -0.05) is 13.8 Å². The molecular weight excluding hydrogens is 194 g/mol. The summed E-state index contributed by atoms with van der Waals surface area (Å²) in [7, 11) is 0. The molecule has 15 heavy (non-hydrogen) atoms. The first-order chi connectivity index (χ1) is 7.15. The Balaban J connectivity index is 2.26. The van der Waals surface area contributed by atoms with Crippen LogP contribution in [-0.2, 0) is 0 Å². The minimum absolute atomic E-state index is 0.439. The van der Waals surface area contributed by atoms with E-state index in [1.807, 2.05) is 6.07 Å². The largest absolute Gasteiger partial charge is 0.493 e. The molecular formula is C11H13NO3. The third-order valence-electron chi connectivity index (χ3n) is 1.98. The smallest absolute Gasteiger partial charge is 0.417 e. The summed E-state index contributed by atoms with van der Waals surface area (Å²) in [5.41, 5.74) is 1.22. The Morgan fingerprint density at radius 2 is 2.27 bits per heavy atom. The molecule has 0 spiro atoms. The van der Waals surface area contributed by atoms with E-state index in [1.165, 1.54) is 0 Å². The second-order valence-corrected chi connectivity index (χ2v) is 3.88. The monoisotopic (exact) mass is 207 g/mol. The maximum Gasteiger partial charge on any atom is 0.417 e. The van der Waals surface area contributed by atoms with Crippen molar-refractivity contribution in [2.75, 3.05) is 6.61 Å². The van der Waals surface area contributed by atoms with Gasteiger partial charge in [-0.25, -0.2) is 4.79 Å². The number of ether oxygens (including phenoxy) is 1. The van der Waals surface area contributed by atoms with E-state index >= 15 is 0 Å². The minimum atomic E-state index is -0.439. The van der Waals surface area contributed by atoms with E-state index in [0.29, 0.717) is 23.6 Å². The molecule has 1 aromatic carbocycles. The molecule has 0 saturated heterocycles. The fourth-order valence-electron chi connectivity index (χ4n) is 1.28. The average Bonchev–Trinajstić information content (AvgIpc) is 2.53. The first kappa shape index (κ1) is 9.83. The predicted octanol–water partition coefficient (Wildman–Crippen LogP) is 2.16. The molecule has 0 bridgehead atoms. The number of hydrogen-bond acceptors (Lipinski definition) is 3. The lowest BCUT2D eigenvalue weighted by atomic mass is 10.2. The number of nitrogens with one attached hydrogen (secondary N) is 1. The summed E-state index contributed by atoms with van der Waals surface area (Å²) in [5.74, 6) is 0.754. The normalized spacial score (nSPS) is 11.1. The highest BCUT2D eigenvalue weighted by Gasteiger charge is 2.03. The number of aromatic nitrogens is 1. The Bertz CT molecular complexity index is 510. The molecule has 4 heteroatoms. The molecule has 0 fully saturated rings. The van der Waals surface area contributed by atoms with Crippen LogP contribution in [0.15, 0.2) is 27.4 Å². The number of hydrogen-bond donors (Lipinski definition) is 1. The van der Waals surface area contributed by atoms with Crippen LogP contribution < -0.4 is 10.5 Å². The fourth-order valence-corrected chi connectivity index (χ4v) is 1.28. The second-order valence-electron chi connectivity index (χ2n) is 3.88. The second kappa shape index (κ2) is 3.81. The number of rotatable bonds is 3. The van der Waals surface area contributed by atoms with Crippen molar-refractivity contribution >= 4 is 11.1 Å². The first-order valence-corrected chi connectivity index (χ1v) is 4.91. The quantitative estimate of drug-likeness (QED) is 0.839. The van der Waals surface area contributed by atoms with Crippen molar-refractivity contribution in [3.8, 4) is 5.75 Å². The van der Waals surface area contributed by atoms with Crippen LogP contribution in [0.5, 0.6) is 5.75 Å². The third kappa shape index (κ3) is 2.21. The lowest BCUT2D eigenvalue weighted by Crippen LogP contribution is -2.04. The number of fused-ring (bicyclic) bond motifs is 1. The van der Waals surface area contributed by atoms with Crippen LogP contribution in [0.25, 0.3) is 11.1 Å². The minimum Gasteiger partial charge on any atom is -0.493 e. The van der Waals surface area contributed by atoms with Crippen molar-refractivity contribution in [2.24, 2.45) is 5.92 Å². The summed E-state index contributed by atoms with van der Waals surface area (Å²) in [6, 6.07) is 5.31. The van der Waals surface area contributed by atoms with Crippen molar-refractivity contribution in [1.29, 1.82) is 0 Å². The van der Waals surface area contributed by atoms with Crippen LogP contribution >= 0.6 is 0 Å². The zero-order chi connectivity index (χ0) is 10.8. The van der Waals surface area contributed by atoms with Gasteiger partial charge < -0.3 is 9.15 Å². The van der Waals surface area contributed by atoms with E-state index in [4.69, 9.17) is 9.15 Å². The molecule has 0 atom stereocenters. The first-order valence-electron chi connectivity index (χ1n) is 4.91. The molecule has 0 unspecified atom stereocenters. The van der Waals surface area contributed by atoms with Gasteiger partial charge in [0.15, 0.2) is 5.58 Å². The lowest BCUT2D eigenvalue weighted by Gasteiger charge is -2.07. The molecule has 0 aliphatic heterocycles. The topological polar surface area (TPSA) is 55.2 Å². The molecule has 0 aliphatic rings. The molecule has 0 radical (unpaired) electrons. The van der Waals surface area contributed by atoms with Gasteiger partial charge in [-0.3, -0.25) is 4.98 Å². The van der Waals surface area contributed by atoms with Gasteiger partial charge >= 0.3 is 5.76 Å². The van der Waals surface area contributed by atoms with Crippen molar-refractivity contribution in [1.82, 2.24) is 4.98 Å². The Labute approximate surface area is 86.9 Å². The summed E-state index contributed by atoms with van der Waals surface area (Å²) in [4.78, 5) is 13.5. The molecule has 0 saturated carbocycles. The van der Waals surface area contributed by atoms with E-state index in [0.717, 1.165) is 5.75 Å². The highest BCUT2D eigenvalue weighted by molar-refractivity contribution is 5.73. The molecule has 2 rings (SSSR count). The van der Waals surface area contributed by atoms with Gasteiger partial charge in [0, 0.05) is 6.07 Å². The molecule has 2 aromatic rings. The highest BCUT2D eigenvalue weighted by atomic mass is 16.5. The summed E-state index contributed by atoms with van der Waals surface area (Å²) >= 11 is 0. The van der Waals surface area contributed by atoms with Crippen molar-refractivity contribution < 1.29 is 9.15 Å². The highest BCUT2D eigenvalue weighted by Crippen LogP contribution is 2.18. The van der Waals surface area contributed by atoms with E-state index in [-0.39, 0.29) is 0 Å². The number of benzene rings is 1. The van der Waals surface area contributed by atoms with Gasteiger partial charge in [-0.2, -0.15) is 0 Å². The average molecular weight is 207 g/mol. The Morgan fingerprint density at radius 1 is 1.47 bits per heavy atom. The SMILES string of the molecule is CC(C)COc1ccc2[nH]c(=O)oc2c1. The fraction of sp³-hybridized carbons (Fsp3) is 0.364. The standard InChI is InChI=1S/C11H13NO3/c1-7(2)6-14-8-3-4-9-10(5-8)15-11(13)12-9/h3-5,7H,6H2,1-2H3,(H,12,13). The van der Waals surface area contributed by atoms with E-state index in [1.54, 1.807) is 12.1 Å². The van der Waals surface area contributed by atoms with Crippen LogP contribution in [0, 0.1) is 5.92 Å². The Kier molecular flexibility index (Phi) is 2.49. The van der Waals surface area contributed by atoms with Crippen LogP contribution in [0.2, 0.25) is 0 Å². The van der Waals surface area contributed by atoms with E-state index in [9.17, 15) is 4.79 Å². The maximum atomic E-state index is 10.9. The summed E-state index contributed by atoms with van der Waals surface area (Å²) in [6.07, 6.45) is 0. The van der Waals surface area contributed by atoms with Crippen molar-refractivity contribution in [2.45, 2.75) is 13.8 Å². The zero-order valence-electron chi connectivity index (χ0n) is 8.74. The van der Waals surface area contributed by atoms with Crippen LogP contribution in [-0.4, -0.2) is 11.6 Å². The van der Waals surface area contributed by atoms with Gasteiger partial charge in [-0.15, -0.1) is 0 Å². The number of oxazole rings is 1. The molecule has 0 amide bonds. The van der Waals surface area contributed by atoms with Gasteiger partial charge in [0.05, 0.1) is 12.1 Å². The summed E-state index contributed by atoms with van der Waals surface area (Å²) in [5, 5.41) is 0. The maximum absolute atomic E-state index is 10.9. The zero-order valence-corrected chi connectivity index (χ0v) is 8.74. The Morgan fingerprint density at radius 3 is 3.00 bits per heavy atom. The van der Waals surface area contributed by atoms with Gasteiger partial charge in [0.1, 0.15) is 5.75 Å². The predicted molar refractivity (Wildman–Crippen MR) is 57.2 cm³/mol. The molecule has 1 heterocycles. The van der Waals surface area contributed by atoms with Crippen LogP contribution in [0.4, 0.5) is 0 Å². The summed E-state index contributed by atoms with van der Waals surface area (Å²) in [6.45, 7) is 4.81. The third-order valence-corrected chi connectivity index (χ3v) is 1.98. The number of aromatic amines is 1. The molecule has 80 valence electrons. The van der Waals surface area contributed by atoms with Gasteiger partial charge in [0.25, 0.3) is 0 Å². The van der Waals surface area contributed by atoms with Crippen molar-refractivity contribution in [3.63, 3.8) is 0 Å². The van der Waals surface area contributed by atoms with Crippen LogP contribution in [0.1, 0.15) is 13.8 Å². The van der Waals surface area contributed by atoms with Gasteiger partial charge in [0.2, 0.25) is 0 Å². The number of H-pyrrole nitrogens is 1. The Hall–Kier alpha value is -1.71. The van der Waals surface area contributed by atoms with Gasteiger partial charge in [-0.05, 0) is 18.1 Å². The molecule has 0 aliphatic carbocycles. The summed E-state index contributed by atoms with van der Waals surface area (Å²) < 4.78 is 10.4. The van der Waals surface area contributed by atoms with Crippen LogP contribution in [0.3, 0.4) is 0 Å². The van der Waals surface area contributed by atoms with E-state index < -0.39 is 5.76 Å². The molecule has 1 aromatic heterocycles. The van der Waals surface area contributed by atoms with Crippen molar-refractivity contribution in [3.05, 3.63) is 28.7 Å². The molecule has 4 nitrogen and oxygen atoms in total.